The average Bonchev–Trinajstić information content (AvgIpc) is 3.08. The SMILES string of the molecule is O=C(O)[C@@H]1CCN(Cc2nc(-c3cccc(Br)c3)no2)C1. The number of carboxylic acids is 1. The van der Waals surface area contributed by atoms with E-state index in [0.717, 1.165) is 16.6 Å². The summed E-state index contributed by atoms with van der Waals surface area (Å²) in [5.41, 5.74) is 0.879. The van der Waals surface area contributed by atoms with Crippen molar-refractivity contribution in [2.45, 2.75) is 13.0 Å². The molecule has 3 rings (SSSR count). The zero-order valence-electron chi connectivity index (χ0n) is 11.2. The van der Waals surface area contributed by atoms with Crippen LogP contribution >= 0.6 is 15.9 Å². The molecule has 1 N–H and O–H groups in total. The molecule has 0 radical (unpaired) electrons. The Morgan fingerprint density at radius 3 is 3.10 bits per heavy atom. The Morgan fingerprint density at radius 1 is 1.52 bits per heavy atom. The van der Waals surface area contributed by atoms with E-state index in [1.165, 1.54) is 0 Å². The van der Waals surface area contributed by atoms with Crippen molar-refractivity contribution >= 4 is 21.9 Å². The topological polar surface area (TPSA) is 79.5 Å². The first-order valence-electron chi connectivity index (χ1n) is 6.65. The van der Waals surface area contributed by atoms with E-state index in [4.69, 9.17) is 9.63 Å². The average molecular weight is 352 g/mol. The van der Waals surface area contributed by atoms with Crippen molar-refractivity contribution < 1.29 is 14.4 Å². The van der Waals surface area contributed by atoms with E-state index in [-0.39, 0.29) is 5.92 Å². The summed E-state index contributed by atoms with van der Waals surface area (Å²) >= 11 is 3.41. The van der Waals surface area contributed by atoms with Gasteiger partial charge in [0.05, 0.1) is 12.5 Å². The third kappa shape index (κ3) is 3.30. The Morgan fingerprint density at radius 2 is 2.38 bits per heavy atom. The molecule has 1 atom stereocenters. The summed E-state index contributed by atoms with van der Waals surface area (Å²) in [5, 5.41) is 13.0. The lowest BCUT2D eigenvalue weighted by atomic mass is 10.1. The fourth-order valence-electron chi connectivity index (χ4n) is 2.43. The minimum Gasteiger partial charge on any atom is -0.481 e. The molecule has 0 aliphatic carbocycles. The van der Waals surface area contributed by atoms with Gasteiger partial charge >= 0.3 is 5.97 Å². The maximum absolute atomic E-state index is 10.9. The van der Waals surface area contributed by atoms with Gasteiger partial charge in [0.15, 0.2) is 0 Å². The van der Waals surface area contributed by atoms with Crippen LogP contribution in [0.15, 0.2) is 33.3 Å². The van der Waals surface area contributed by atoms with E-state index in [1.807, 2.05) is 29.2 Å². The van der Waals surface area contributed by atoms with Gasteiger partial charge in [0, 0.05) is 16.6 Å². The maximum Gasteiger partial charge on any atom is 0.307 e. The Kier molecular flexibility index (Phi) is 4.03. The van der Waals surface area contributed by atoms with Crippen molar-refractivity contribution in [2.75, 3.05) is 13.1 Å². The molecule has 0 bridgehead atoms. The van der Waals surface area contributed by atoms with Crippen molar-refractivity contribution in [2.24, 2.45) is 5.92 Å². The van der Waals surface area contributed by atoms with Gasteiger partial charge in [0.1, 0.15) is 0 Å². The number of carbonyl (C=O) groups is 1. The molecular formula is C14H14BrN3O3. The van der Waals surface area contributed by atoms with Gasteiger partial charge in [-0.25, -0.2) is 0 Å². The highest BCUT2D eigenvalue weighted by Crippen LogP contribution is 2.22. The van der Waals surface area contributed by atoms with E-state index in [0.29, 0.717) is 31.2 Å². The van der Waals surface area contributed by atoms with Gasteiger partial charge in [-0.1, -0.05) is 33.2 Å². The number of benzene rings is 1. The smallest absolute Gasteiger partial charge is 0.307 e. The second-order valence-corrected chi connectivity index (χ2v) is 6.00. The van der Waals surface area contributed by atoms with Crippen LogP contribution in [-0.2, 0) is 11.3 Å². The van der Waals surface area contributed by atoms with Gasteiger partial charge in [0.2, 0.25) is 11.7 Å². The molecule has 1 saturated heterocycles. The Bertz CT molecular complexity index is 658. The molecule has 0 unspecified atom stereocenters. The van der Waals surface area contributed by atoms with Crippen LogP contribution in [0, 0.1) is 5.92 Å². The molecule has 0 amide bonds. The molecular weight excluding hydrogens is 338 g/mol. The number of likely N-dealkylation sites (tertiary alicyclic amines) is 1. The van der Waals surface area contributed by atoms with Gasteiger partial charge in [-0.05, 0) is 25.1 Å². The summed E-state index contributed by atoms with van der Waals surface area (Å²) in [5.74, 6) is 0.0200. The quantitative estimate of drug-likeness (QED) is 0.910. The minimum absolute atomic E-state index is 0.294. The lowest BCUT2D eigenvalue weighted by molar-refractivity contribution is -0.141. The van der Waals surface area contributed by atoms with Crippen LogP contribution in [0.1, 0.15) is 12.3 Å². The highest BCUT2D eigenvalue weighted by molar-refractivity contribution is 9.10. The minimum atomic E-state index is -0.738. The normalized spacial score (nSPS) is 19.0. The molecule has 2 aromatic rings. The highest BCUT2D eigenvalue weighted by Gasteiger charge is 2.28. The number of halogens is 1. The van der Waals surface area contributed by atoms with Gasteiger partial charge < -0.3 is 9.63 Å². The van der Waals surface area contributed by atoms with E-state index in [9.17, 15) is 4.79 Å². The Balaban J connectivity index is 1.67. The number of nitrogens with zero attached hydrogens (tertiary/aromatic N) is 3. The number of rotatable bonds is 4. The molecule has 110 valence electrons. The number of aromatic nitrogens is 2. The summed E-state index contributed by atoms with van der Waals surface area (Å²) in [7, 11) is 0. The van der Waals surface area contributed by atoms with E-state index in [2.05, 4.69) is 26.1 Å². The molecule has 1 aromatic carbocycles. The summed E-state index contributed by atoms with van der Waals surface area (Å²) in [6, 6.07) is 7.68. The molecule has 21 heavy (non-hydrogen) atoms. The maximum atomic E-state index is 10.9. The van der Waals surface area contributed by atoms with Crippen LogP contribution in [0.25, 0.3) is 11.4 Å². The predicted molar refractivity (Wildman–Crippen MR) is 78.5 cm³/mol. The first-order valence-corrected chi connectivity index (χ1v) is 7.45. The van der Waals surface area contributed by atoms with Gasteiger partial charge in [0.25, 0.3) is 0 Å². The van der Waals surface area contributed by atoms with Crippen molar-refractivity contribution in [3.05, 3.63) is 34.6 Å². The third-order valence-corrected chi connectivity index (χ3v) is 4.02. The molecule has 1 fully saturated rings. The lowest BCUT2D eigenvalue weighted by Gasteiger charge is -2.11. The highest BCUT2D eigenvalue weighted by atomic mass is 79.9. The van der Waals surface area contributed by atoms with E-state index in [1.54, 1.807) is 0 Å². The van der Waals surface area contributed by atoms with Crippen molar-refractivity contribution in [3.63, 3.8) is 0 Å². The molecule has 2 heterocycles. The first-order chi connectivity index (χ1) is 10.1. The molecule has 1 aromatic heterocycles. The molecule has 1 aliphatic heterocycles. The number of aliphatic carboxylic acids is 1. The van der Waals surface area contributed by atoms with Crippen LogP contribution < -0.4 is 0 Å². The van der Waals surface area contributed by atoms with Crippen LogP contribution in [0.5, 0.6) is 0 Å². The van der Waals surface area contributed by atoms with E-state index >= 15 is 0 Å². The Labute approximate surface area is 129 Å². The van der Waals surface area contributed by atoms with Crippen LogP contribution in [-0.4, -0.2) is 39.2 Å². The number of hydrogen-bond acceptors (Lipinski definition) is 5. The molecule has 1 aliphatic rings. The number of hydrogen-bond donors (Lipinski definition) is 1. The van der Waals surface area contributed by atoms with Crippen molar-refractivity contribution in [1.29, 1.82) is 0 Å². The molecule has 0 spiro atoms. The van der Waals surface area contributed by atoms with Crippen LogP contribution in [0.4, 0.5) is 0 Å². The van der Waals surface area contributed by atoms with Gasteiger partial charge in [-0.2, -0.15) is 4.98 Å². The third-order valence-electron chi connectivity index (χ3n) is 3.53. The Hall–Kier alpha value is -1.73. The fraction of sp³-hybridized carbons (Fsp3) is 0.357. The van der Waals surface area contributed by atoms with E-state index < -0.39 is 5.97 Å². The zero-order valence-corrected chi connectivity index (χ0v) is 12.8. The second kappa shape index (κ2) is 5.95. The molecule has 6 nitrogen and oxygen atoms in total. The van der Waals surface area contributed by atoms with Crippen LogP contribution in [0.3, 0.4) is 0 Å². The second-order valence-electron chi connectivity index (χ2n) is 5.08. The van der Waals surface area contributed by atoms with Crippen molar-refractivity contribution in [1.82, 2.24) is 15.0 Å². The van der Waals surface area contributed by atoms with Crippen molar-refractivity contribution in [3.8, 4) is 11.4 Å². The summed E-state index contributed by atoms with van der Waals surface area (Å²) in [6.45, 7) is 1.76. The van der Waals surface area contributed by atoms with Gasteiger partial charge in [-0.15, -0.1) is 0 Å². The van der Waals surface area contributed by atoms with Gasteiger partial charge in [-0.3, -0.25) is 9.69 Å². The summed E-state index contributed by atoms with van der Waals surface area (Å²) in [4.78, 5) is 17.3. The first kappa shape index (κ1) is 14.2. The number of carboxylic acid groups (broad SMARTS) is 1. The zero-order chi connectivity index (χ0) is 14.8. The summed E-state index contributed by atoms with van der Waals surface area (Å²) in [6.07, 6.45) is 0.669. The summed E-state index contributed by atoms with van der Waals surface area (Å²) < 4.78 is 6.20. The standard InChI is InChI=1S/C14H14BrN3O3/c15-11-3-1-2-9(6-11)13-16-12(21-17-13)8-18-5-4-10(7-18)14(19)20/h1-3,6,10H,4-5,7-8H2,(H,19,20)/t10-/m1/s1. The largest absolute Gasteiger partial charge is 0.481 e. The van der Waals surface area contributed by atoms with Crippen LogP contribution in [0.2, 0.25) is 0 Å². The predicted octanol–water partition coefficient (Wildman–Crippen LogP) is 2.41. The molecule has 0 saturated carbocycles. The lowest BCUT2D eigenvalue weighted by Crippen LogP contribution is -2.22. The molecule has 7 heteroatoms. The fourth-order valence-corrected chi connectivity index (χ4v) is 2.83. The monoisotopic (exact) mass is 351 g/mol.